The molecule has 0 spiro atoms. The lowest BCUT2D eigenvalue weighted by Crippen LogP contribution is -2.35. The summed E-state index contributed by atoms with van der Waals surface area (Å²) in [7, 11) is -7.62. The summed E-state index contributed by atoms with van der Waals surface area (Å²) in [4.78, 5) is 0.226. The number of fused-ring (bicyclic) bond motifs is 1. The van der Waals surface area contributed by atoms with E-state index in [-0.39, 0.29) is 15.5 Å². The van der Waals surface area contributed by atoms with Gasteiger partial charge in [-0.25, -0.2) is 16.8 Å². The van der Waals surface area contributed by atoms with Crippen molar-refractivity contribution in [2.24, 2.45) is 0 Å². The zero-order chi connectivity index (χ0) is 21.4. The van der Waals surface area contributed by atoms with Crippen molar-refractivity contribution in [1.29, 1.82) is 0 Å². The van der Waals surface area contributed by atoms with Gasteiger partial charge in [0.1, 0.15) is 0 Å². The maximum absolute atomic E-state index is 13.2. The summed E-state index contributed by atoms with van der Waals surface area (Å²) in [5.41, 5.74) is 1.62. The third-order valence-corrected chi connectivity index (χ3v) is 8.29. The van der Waals surface area contributed by atoms with Crippen molar-refractivity contribution >= 4 is 43.0 Å². The van der Waals surface area contributed by atoms with Gasteiger partial charge in [0.25, 0.3) is 20.0 Å². The normalized spacial score (nSPS) is 14.2. The van der Waals surface area contributed by atoms with E-state index in [1.807, 2.05) is 0 Å². The van der Waals surface area contributed by atoms with Gasteiger partial charge < -0.3 is 0 Å². The van der Waals surface area contributed by atoms with E-state index in [0.717, 1.165) is 12.0 Å². The third kappa shape index (κ3) is 4.03. The smallest absolute Gasteiger partial charge is 0.264 e. The molecule has 9 heteroatoms. The van der Waals surface area contributed by atoms with Crippen LogP contribution in [0.5, 0.6) is 0 Å². The van der Waals surface area contributed by atoms with E-state index < -0.39 is 20.0 Å². The van der Waals surface area contributed by atoms with Crippen molar-refractivity contribution in [1.82, 2.24) is 0 Å². The number of anilines is 2. The lowest BCUT2D eigenvalue weighted by atomic mass is 10.0. The average Bonchev–Trinajstić information content (AvgIpc) is 2.73. The second-order valence-electron chi connectivity index (χ2n) is 6.90. The molecule has 30 heavy (non-hydrogen) atoms. The van der Waals surface area contributed by atoms with Crippen molar-refractivity contribution < 1.29 is 16.8 Å². The fraction of sp³-hybridized carbons (Fsp3) is 0.143. The van der Waals surface area contributed by atoms with Gasteiger partial charge in [-0.3, -0.25) is 9.03 Å². The van der Waals surface area contributed by atoms with Gasteiger partial charge in [-0.2, -0.15) is 0 Å². The second-order valence-corrected chi connectivity index (χ2v) is 10.9. The van der Waals surface area contributed by atoms with Crippen LogP contribution in [0.2, 0.25) is 5.02 Å². The number of halogens is 1. The van der Waals surface area contributed by atoms with Crippen LogP contribution in [0.25, 0.3) is 0 Å². The molecule has 0 amide bonds. The summed E-state index contributed by atoms with van der Waals surface area (Å²) in [6.07, 6.45) is 1.41. The minimum Gasteiger partial charge on any atom is -0.280 e. The second kappa shape index (κ2) is 7.94. The minimum atomic E-state index is -3.87. The lowest BCUT2D eigenvalue weighted by Gasteiger charge is -2.31. The standard InChI is InChI=1S/C21H19ClN2O4S2/c22-17-7-4-10-20(14-17)29(25,26)23-18-12-11-16-6-5-13-24(21(16)15-18)30(27,28)19-8-2-1-3-9-19/h1-4,7-12,14-15,23H,5-6,13H2. The van der Waals surface area contributed by atoms with Crippen LogP contribution in [0.3, 0.4) is 0 Å². The van der Waals surface area contributed by atoms with Gasteiger partial charge in [0.15, 0.2) is 0 Å². The molecule has 0 saturated carbocycles. The molecule has 6 nitrogen and oxygen atoms in total. The lowest BCUT2D eigenvalue weighted by molar-refractivity contribution is 0.586. The first-order chi connectivity index (χ1) is 14.3. The average molecular weight is 463 g/mol. The van der Waals surface area contributed by atoms with E-state index in [1.165, 1.54) is 16.4 Å². The minimum absolute atomic E-state index is 0.0292. The third-order valence-electron chi connectivity index (χ3n) is 4.85. The van der Waals surface area contributed by atoms with Crippen LogP contribution in [0.1, 0.15) is 12.0 Å². The van der Waals surface area contributed by atoms with Crippen molar-refractivity contribution in [3.63, 3.8) is 0 Å². The van der Waals surface area contributed by atoms with E-state index in [4.69, 9.17) is 11.6 Å². The maximum Gasteiger partial charge on any atom is 0.264 e. The molecule has 0 bridgehead atoms. The highest BCUT2D eigenvalue weighted by Crippen LogP contribution is 2.34. The van der Waals surface area contributed by atoms with E-state index >= 15 is 0 Å². The summed E-state index contributed by atoms with van der Waals surface area (Å²) in [5, 5.41) is 0.309. The number of hydrogen-bond donors (Lipinski definition) is 1. The van der Waals surface area contributed by atoms with Gasteiger partial charge in [0.05, 0.1) is 21.2 Å². The fourth-order valence-electron chi connectivity index (χ4n) is 3.42. The Kier molecular flexibility index (Phi) is 5.48. The Morgan fingerprint density at radius 2 is 1.57 bits per heavy atom. The first-order valence-corrected chi connectivity index (χ1v) is 12.6. The highest BCUT2D eigenvalue weighted by molar-refractivity contribution is 7.93. The van der Waals surface area contributed by atoms with Crippen LogP contribution in [0.4, 0.5) is 11.4 Å². The molecule has 0 saturated heterocycles. The molecule has 3 aromatic rings. The number of nitrogens with zero attached hydrogens (tertiary/aromatic N) is 1. The Labute approximate surface area is 181 Å². The first kappa shape index (κ1) is 20.7. The Balaban J connectivity index is 1.71. The van der Waals surface area contributed by atoms with E-state index in [1.54, 1.807) is 60.7 Å². The molecule has 1 heterocycles. The Morgan fingerprint density at radius 1 is 0.833 bits per heavy atom. The van der Waals surface area contributed by atoms with Gasteiger partial charge in [0.2, 0.25) is 0 Å². The largest absolute Gasteiger partial charge is 0.280 e. The van der Waals surface area contributed by atoms with Gasteiger partial charge in [0, 0.05) is 11.6 Å². The Hall–Kier alpha value is -2.55. The van der Waals surface area contributed by atoms with Crippen molar-refractivity contribution in [2.45, 2.75) is 22.6 Å². The first-order valence-electron chi connectivity index (χ1n) is 9.26. The molecule has 156 valence electrons. The molecule has 0 fully saturated rings. The molecule has 0 aromatic heterocycles. The molecule has 4 rings (SSSR count). The summed E-state index contributed by atoms with van der Waals surface area (Å²) in [6, 6.07) is 19.1. The summed E-state index contributed by atoms with van der Waals surface area (Å²) in [5.74, 6) is 0. The Morgan fingerprint density at radius 3 is 2.30 bits per heavy atom. The molecule has 1 aliphatic rings. The maximum atomic E-state index is 13.2. The molecule has 0 radical (unpaired) electrons. The van der Waals surface area contributed by atoms with Gasteiger partial charge in [-0.15, -0.1) is 0 Å². The van der Waals surface area contributed by atoms with Crippen molar-refractivity contribution in [3.05, 3.63) is 83.4 Å². The van der Waals surface area contributed by atoms with Crippen LogP contribution >= 0.6 is 11.6 Å². The number of aryl methyl sites for hydroxylation is 1. The fourth-order valence-corrected chi connectivity index (χ4v) is 6.33. The Bertz CT molecular complexity index is 1290. The highest BCUT2D eigenvalue weighted by Gasteiger charge is 2.29. The quantitative estimate of drug-likeness (QED) is 0.613. The van der Waals surface area contributed by atoms with E-state index in [0.29, 0.717) is 23.7 Å². The van der Waals surface area contributed by atoms with Gasteiger partial charge >= 0.3 is 0 Å². The monoisotopic (exact) mass is 462 g/mol. The van der Waals surface area contributed by atoms with Crippen LogP contribution in [0.15, 0.2) is 82.6 Å². The summed E-state index contributed by atoms with van der Waals surface area (Å²) >= 11 is 5.91. The number of benzene rings is 3. The molecular formula is C21H19ClN2O4S2. The zero-order valence-corrected chi connectivity index (χ0v) is 18.2. The summed E-state index contributed by atoms with van der Waals surface area (Å²) < 4.78 is 55.7. The SMILES string of the molecule is O=S(=O)(Nc1ccc2c(c1)N(S(=O)(=O)c1ccccc1)CCC2)c1cccc(Cl)c1. The number of sulfonamides is 2. The number of rotatable bonds is 5. The number of nitrogens with one attached hydrogen (secondary N) is 1. The van der Waals surface area contributed by atoms with Gasteiger partial charge in [-0.1, -0.05) is 41.9 Å². The topological polar surface area (TPSA) is 83.6 Å². The molecule has 0 aliphatic carbocycles. The molecule has 0 atom stereocenters. The van der Waals surface area contributed by atoms with Crippen molar-refractivity contribution in [2.75, 3.05) is 15.6 Å². The van der Waals surface area contributed by atoms with Crippen LogP contribution in [-0.4, -0.2) is 23.4 Å². The molecule has 3 aromatic carbocycles. The van der Waals surface area contributed by atoms with Crippen molar-refractivity contribution in [3.8, 4) is 0 Å². The zero-order valence-electron chi connectivity index (χ0n) is 15.8. The highest BCUT2D eigenvalue weighted by atomic mass is 35.5. The van der Waals surface area contributed by atoms with Crippen LogP contribution in [0, 0.1) is 0 Å². The van der Waals surface area contributed by atoms with Crippen LogP contribution in [-0.2, 0) is 26.5 Å². The molecule has 1 N–H and O–H groups in total. The van der Waals surface area contributed by atoms with Crippen LogP contribution < -0.4 is 9.03 Å². The predicted octanol–water partition coefficient (Wildman–Crippen LogP) is 4.28. The molecule has 0 unspecified atom stereocenters. The van der Waals surface area contributed by atoms with E-state index in [2.05, 4.69) is 4.72 Å². The molecule has 1 aliphatic heterocycles. The summed E-state index contributed by atoms with van der Waals surface area (Å²) in [6.45, 7) is 0.328. The predicted molar refractivity (Wildman–Crippen MR) is 118 cm³/mol. The number of hydrogen-bond acceptors (Lipinski definition) is 4. The van der Waals surface area contributed by atoms with E-state index in [9.17, 15) is 16.8 Å². The van der Waals surface area contributed by atoms with Gasteiger partial charge in [-0.05, 0) is 60.9 Å². The molecular weight excluding hydrogens is 444 g/mol.